The zero-order valence-corrected chi connectivity index (χ0v) is 11.1. The van der Waals surface area contributed by atoms with Crippen molar-refractivity contribution >= 4 is 5.97 Å². The van der Waals surface area contributed by atoms with Crippen molar-refractivity contribution in [3.05, 3.63) is 35.4 Å². The van der Waals surface area contributed by atoms with E-state index in [2.05, 4.69) is 13.8 Å². The molecule has 1 unspecified atom stereocenters. The summed E-state index contributed by atoms with van der Waals surface area (Å²) in [4.78, 5) is 10.4. The van der Waals surface area contributed by atoms with Crippen LogP contribution in [0.1, 0.15) is 62.7 Å². The fourth-order valence-corrected chi connectivity index (χ4v) is 1.88. The average molecular weight is 250 g/mol. The first-order valence-electron chi connectivity index (χ1n) is 6.50. The summed E-state index contributed by atoms with van der Waals surface area (Å²) < 4.78 is 0. The lowest BCUT2D eigenvalue weighted by atomic mass is 9.98. The molecule has 1 aromatic rings. The van der Waals surface area contributed by atoms with Crippen molar-refractivity contribution in [2.24, 2.45) is 0 Å². The van der Waals surface area contributed by atoms with Gasteiger partial charge in [0.1, 0.15) is 0 Å². The maximum Gasteiger partial charge on any atom is 0.303 e. The SMILES string of the molecule is CC(C)c1ccc(C(O)CCCCC(=O)O)cc1. The number of benzene rings is 1. The van der Waals surface area contributed by atoms with Crippen molar-refractivity contribution in [1.82, 2.24) is 0 Å². The zero-order valence-electron chi connectivity index (χ0n) is 11.1. The molecule has 18 heavy (non-hydrogen) atoms. The maximum atomic E-state index is 10.4. The van der Waals surface area contributed by atoms with E-state index in [0.29, 0.717) is 18.8 Å². The van der Waals surface area contributed by atoms with Gasteiger partial charge in [0, 0.05) is 6.42 Å². The van der Waals surface area contributed by atoms with Gasteiger partial charge in [-0.2, -0.15) is 0 Å². The lowest BCUT2D eigenvalue weighted by Crippen LogP contribution is -2.00. The summed E-state index contributed by atoms with van der Waals surface area (Å²) in [5, 5.41) is 18.5. The molecule has 0 aliphatic rings. The second-order valence-corrected chi connectivity index (χ2v) is 4.98. The van der Waals surface area contributed by atoms with E-state index < -0.39 is 12.1 Å². The highest BCUT2D eigenvalue weighted by molar-refractivity contribution is 5.66. The minimum absolute atomic E-state index is 0.180. The first-order chi connectivity index (χ1) is 8.50. The van der Waals surface area contributed by atoms with Crippen molar-refractivity contribution in [2.45, 2.75) is 51.6 Å². The number of carbonyl (C=O) groups is 1. The topological polar surface area (TPSA) is 57.5 Å². The second kappa shape index (κ2) is 7.17. The Morgan fingerprint density at radius 3 is 2.17 bits per heavy atom. The molecule has 1 rings (SSSR count). The normalized spacial score (nSPS) is 12.7. The minimum Gasteiger partial charge on any atom is -0.481 e. The molecule has 0 aliphatic heterocycles. The van der Waals surface area contributed by atoms with E-state index >= 15 is 0 Å². The van der Waals surface area contributed by atoms with E-state index in [1.165, 1.54) is 5.56 Å². The number of hydrogen-bond donors (Lipinski definition) is 2. The predicted molar refractivity (Wildman–Crippen MR) is 71.6 cm³/mol. The smallest absolute Gasteiger partial charge is 0.303 e. The van der Waals surface area contributed by atoms with Crippen LogP contribution in [0.4, 0.5) is 0 Å². The molecule has 0 amide bonds. The third-order valence-electron chi connectivity index (χ3n) is 3.11. The van der Waals surface area contributed by atoms with E-state index in [4.69, 9.17) is 5.11 Å². The van der Waals surface area contributed by atoms with Gasteiger partial charge in [-0.05, 0) is 36.3 Å². The van der Waals surface area contributed by atoms with Gasteiger partial charge in [-0.3, -0.25) is 4.79 Å². The van der Waals surface area contributed by atoms with Gasteiger partial charge in [0.15, 0.2) is 0 Å². The Labute approximate surface area is 108 Å². The molecular formula is C15H22O3. The van der Waals surface area contributed by atoms with Gasteiger partial charge in [-0.25, -0.2) is 0 Å². The summed E-state index contributed by atoms with van der Waals surface area (Å²) in [6.45, 7) is 4.27. The highest BCUT2D eigenvalue weighted by Gasteiger charge is 2.08. The molecule has 1 atom stereocenters. The highest BCUT2D eigenvalue weighted by Crippen LogP contribution is 2.22. The number of aliphatic hydroxyl groups excluding tert-OH is 1. The van der Waals surface area contributed by atoms with Gasteiger partial charge in [0.05, 0.1) is 6.10 Å². The van der Waals surface area contributed by atoms with E-state index in [1.807, 2.05) is 24.3 Å². The molecule has 3 heteroatoms. The summed E-state index contributed by atoms with van der Waals surface area (Å²) in [6, 6.07) is 8.00. The molecule has 1 aromatic carbocycles. The summed E-state index contributed by atoms with van der Waals surface area (Å²) in [5.74, 6) is -0.280. The average Bonchev–Trinajstić information content (AvgIpc) is 2.34. The van der Waals surface area contributed by atoms with E-state index in [1.54, 1.807) is 0 Å². The van der Waals surface area contributed by atoms with Crippen LogP contribution in [-0.2, 0) is 4.79 Å². The van der Waals surface area contributed by atoms with Gasteiger partial charge in [-0.1, -0.05) is 38.1 Å². The summed E-state index contributed by atoms with van der Waals surface area (Å²) in [6.07, 6.45) is 1.67. The number of rotatable bonds is 7. The van der Waals surface area contributed by atoms with Crippen LogP contribution in [0, 0.1) is 0 Å². The molecule has 0 spiro atoms. The highest BCUT2D eigenvalue weighted by atomic mass is 16.4. The number of unbranched alkanes of at least 4 members (excludes halogenated alkanes) is 1. The summed E-state index contributed by atoms with van der Waals surface area (Å²) in [7, 11) is 0. The lowest BCUT2D eigenvalue weighted by Gasteiger charge is -2.12. The van der Waals surface area contributed by atoms with Crippen molar-refractivity contribution in [1.29, 1.82) is 0 Å². The van der Waals surface area contributed by atoms with Crippen LogP contribution in [0.5, 0.6) is 0 Å². The van der Waals surface area contributed by atoms with Crippen molar-refractivity contribution < 1.29 is 15.0 Å². The van der Waals surface area contributed by atoms with Gasteiger partial charge in [0.2, 0.25) is 0 Å². The van der Waals surface area contributed by atoms with E-state index in [-0.39, 0.29) is 6.42 Å². The minimum atomic E-state index is -0.772. The number of hydrogen-bond acceptors (Lipinski definition) is 2. The van der Waals surface area contributed by atoms with Gasteiger partial charge < -0.3 is 10.2 Å². The fourth-order valence-electron chi connectivity index (χ4n) is 1.88. The molecule has 2 N–H and O–H groups in total. The Morgan fingerprint density at radius 1 is 1.11 bits per heavy atom. The molecule has 100 valence electrons. The van der Waals surface area contributed by atoms with Crippen LogP contribution in [-0.4, -0.2) is 16.2 Å². The summed E-state index contributed by atoms with van der Waals surface area (Å²) >= 11 is 0. The van der Waals surface area contributed by atoms with Crippen LogP contribution in [0.2, 0.25) is 0 Å². The molecule has 0 saturated carbocycles. The Kier molecular flexibility index (Phi) is 5.86. The van der Waals surface area contributed by atoms with Crippen LogP contribution >= 0.6 is 0 Å². The van der Waals surface area contributed by atoms with E-state index in [0.717, 1.165) is 12.0 Å². The quantitative estimate of drug-likeness (QED) is 0.728. The second-order valence-electron chi connectivity index (χ2n) is 4.98. The van der Waals surface area contributed by atoms with Crippen LogP contribution in [0.3, 0.4) is 0 Å². The molecule has 3 nitrogen and oxygen atoms in total. The van der Waals surface area contributed by atoms with E-state index in [9.17, 15) is 9.90 Å². The molecule has 0 aromatic heterocycles. The van der Waals surface area contributed by atoms with Crippen molar-refractivity contribution in [3.8, 4) is 0 Å². The Balaban J connectivity index is 2.41. The predicted octanol–water partition coefficient (Wildman–Crippen LogP) is 3.49. The molecule has 0 bridgehead atoms. The maximum absolute atomic E-state index is 10.4. The Hall–Kier alpha value is -1.35. The molecule has 0 aliphatic carbocycles. The summed E-state index contributed by atoms with van der Waals surface area (Å²) in [5.41, 5.74) is 2.17. The van der Waals surface area contributed by atoms with Gasteiger partial charge >= 0.3 is 5.97 Å². The molecule has 0 radical (unpaired) electrons. The third kappa shape index (κ3) is 4.88. The van der Waals surface area contributed by atoms with Crippen LogP contribution in [0.15, 0.2) is 24.3 Å². The monoisotopic (exact) mass is 250 g/mol. The Bertz CT molecular complexity index is 368. The molecular weight excluding hydrogens is 228 g/mol. The fraction of sp³-hybridized carbons (Fsp3) is 0.533. The molecule has 0 fully saturated rings. The van der Waals surface area contributed by atoms with Crippen LogP contribution < -0.4 is 0 Å². The lowest BCUT2D eigenvalue weighted by molar-refractivity contribution is -0.137. The number of carboxylic acid groups (broad SMARTS) is 1. The van der Waals surface area contributed by atoms with Crippen LogP contribution in [0.25, 0.3) is 0 Å². The number of carboxylic acids is 1. The van der Waals surface area contributed by atoms with Gasteiger partial charge in [-0.15, -0.1) is 0 Å². The van der Waals surface area contributed by atoms with Crippen molar-refractivity contribution in [3.63, 3.8) is 0 Å². The number of aliphatic carboxylic acids is 1. The largest absolute Gasteiger partial charge is 0.481 e. The Morgan fingerprint density at radius 2 is 1.67 bits per heavy atom. The zero-order chi connectivity index (χ0) is 13.5. The van der Waals surface area contributed by atoms with Gasteiger partial charge in [0.25, 0.3) is 0 Å². The standard InChI is InChI=1S/C15H22O3/c1-11(2)12-7-9-13(10-8-12)14(16)5-3-4-6-15(17)18/h7-11,14,16H,3-6H2,1-2H3,(H,17,18). The molecule has 0 heterocycles. The third-order valence-corrected chi connectivity index (χ3v) is 3.11. The first-order valence-corrected chi connectivity index (χ1v) is 6.50. The van der Waals surface area contributed by atoms with Crippen molar-refractivity contribution in [2.75, 3.05) is 0 Å². The first kappa shape index (κ1) is 14.7. The molecule has 0 saturated heterocycles. The number of aliphatic hydroxyl groups is 1.